The topological polar surface area (TPSA) is 49.3 Å². The fourth-order valence-corrected chi connectivity index (χ4v) is 4.75. The van der Waals surface area contributed by atoms with Crippen molar-refractivity contribution in [3.8, 4) is 5.75 Å². The fraction of sp³-hybridized carbons (Fsp3) is 0.696. The average molecular weight is 401 g/mol. The van der Waals surface area contributed by atoms with Gasteiger partial charge in [-0.2, -0.15) is 0 Å². The van der Waals surface area contributed by atoms with Gasteiger partial charge in [0.1, 0.15) is 5.75 Å². The largest absolute Gasteiger partial charge is 0.490 e. The summed E-state index contributed by atoms with van der Waals surface area (Å²) in [6, 6.07) is 9.17. The molecule has 1 atom stereocenters. The van der Waals surface area contributed by atoms with E-state index in [4.69, 9.17) is 9.47 Å². The van der Waals surface area contributed by atoms with Crippen LogP contribution in [0.4, 0.5) is 0 Å². The van der Waals surface area contributed by atoms with Crippen LogP contribution in [-0.4, -0.2) is 74.3 Å². The smallest absolute Gasteiger partial charge is 0.193 e. The highest BCUT2D eigenvalue weighted by Gasteiger charge is 2.30. The van der Waals surface area contributed by atoms with Crippen LogP contribution < -0.4 is 10.1 Å². The van der Waals surface area contributed by atoms with Crippen LogP contribution in [0, 0.1) is 0 Å². The Kier molecular flexibility index (Phi) is 7.28. The lowest BCUT2D eigenvalue weighted by Crippen LogP contribution is -2.46. The van der Waals surface area contributed by atoms with Gasteiger partial charge in [0.25, 0.3) is 0 Å². The molecule has 1 aromatic rings. The Balaban J connectivity index is 1.24. The lowest BCUT2D eigenvalue weighted by Gasteiger charge is -2.32. The zero-order chi connectivity index (χ0) is 19.9. The van der Waals surface area contributed by atoms with Crippen LogP contribution in [0.15, 0.2) is 29.3 Å². The molecule has 1 aliphatic carbocycles. The standard InChI is InChI=1S/C23H36N4O2/c1-24-23(27-12-11-20(18-27)26-13-15-28-16-14-26)25-17-19-7-9-22(10-8-19)29-21-5-3-2-4-6-21/h7-10,20-21H,2-6,11-18H2,1H3,(H,24,25). The summed E-state index contributed by atoms with van der Waals surface area (Å²) in [7, 11) is 1.88. The summed E-state index contributed by atoms with van der Waals surface area (Å²) in [4.78, 5) is 9.48. The first-order valence-electron chi connectivity index (χ1n) is 11.3. The third-order valence-electron chi connectivity index (χ3n) is 6.47. The molecule has 0 spiro atoms. The van der Waals surface area contributed by atoms with Crippen molar-refractivity contribution in [3.05, 3.63) is 29.8 Å². The molecule has 2 aliphatic heterocycles. The van der Waals surface area contributed by atoms with Crippen LogP contribution in [-0.2, 0) is 11.3 Å². The SMILES string of the molecule is CN=C(NCc1ccc(OC2CCCCC2)cc1)N1CCC(N2CCOCC2)C1. The number of hydrogen-bond acceptors (Lipinski definition) is 4. The molecule has 29 heavy (non-hydrogen) atoms. The van der Waals surface area contributed by atoms with Crippen LogP contribution in [0.25, 0.3) is 0 Å². The van der Waals surface area contributed by atoms with E-state index < -0.39 is 0 Å². The second kappa shape index (κ2) is 10.3. The number of aliphatic imine (C=N–C) groups is 1. The van der Waals surface area contributed by atoms with E-state index in [1.807, 2.05) is 7.05 Å². The van der Waals surface area contributed by atoms with E-state index in [0.29, 0.717) is 12.1 Å². The van der Waals surface area contributed by atoms with Crippen LogP contribution >= 0.6 is 0 Å². The number of guanidine groups is 1. The summed E-state index contributed by atoms with van der Waals surface area (Å²) in [6.45, 7) is 6.74. The van der Waals surface area contributed by atoms with Gasteiger partial charge in [-0.3, -0.25) is 9.89 Å². The predicted octanol–water partition coefficient (Wildman–Crippen LogP) is 2.88. The van der Waals surface area contributed by atoms with Crippen molar-refractivity contribution >= 4 is 5.96 Å². The van der Waals surface area contributed by atoms with Crippen molar-refractivity contribution in [2.24, 2.45) is 4.99 Å². The molecule has 2 saturated heterocycles. The van der Waals surface area contributed by atoms with E-state index in [9.17, 15) is 0 Å². The molecule has 1 saturated carbocycles. The van der Waals surface area contributed by atoms with E-state index in [1.54, 1.807) is 0 Å². The molecule has 3 fully saturated rings. The number of benzene rings is 1. The van der Waals surface area contributed by atoms with Crippen LogP contribution in [0.5, 0.6) is 5.75 Å². The van der Waals surface area contributed by atoms with E-state index >= 15 is 0 Å². The third kappa shape index (κ3) is 5.64. The van der Waals surface area contributed by atoms with E-state index in [1.165, 1.54) is 44.1 Å². The van der Waals surface area contributed by atoms with Crippen molar-refractivity contribution in [1.82, 2.24) is 15.1 Å². The van der Waals surface area contributed by atoms with Crippen LogP contribution in [0.2, 0.25) is 0 Å². The van der Waals surface area contributed by atoms with Gasteiger partial charge in [0.05, 0.1) is 19.3 Å². The summed E-state index contributed by atoms with van der Waals surface area (Å²) < 4.78 is 11.6. The molecule has 0 bridgehead atoms. The zero-order valence-electron chi connectivity index (χ0n) is 17.8. The summed E-state index contributed by atoms with van der Waals surface area (Å²) in [5, 5.41) is 3.54. The lowest BCUT2D eigenvalue weighted by atomic mass is 9.98. The number of rotatable bonds is 5. The molecule has 1 N–H and O–H groups in total. The summed E-state index contributed by atoms with van der Waals surface area (Å²) in [5.74, 6) is 2.00. The van der Waals surface area contributed by atoms with Crippen LogP contribution in [0.3, 0.4) is 0 Å². The first-order chi connectivity index (χ1) is 14.3. The zero-order valence-corrected chi connectivity index (χ0v) is 17.8. The maximum absolute atomic E-state index is 6.14. The van der Waals surface area contributed by atoms with Gasteiger partial charge in [0.15, 0.2) is 5.96 Å². The minimum Gasteiger partial charge on any atom is -0.490 e. The molecule has 6 nitrogen and oxygen atoms in total. The monoisotopic (exact) mass is 400 g/mol. The van der Waals surface area contributed by atoms with Gasteiger partial charge < -0.3 is 19.7 Å². The van der Waals surface area contributed by atoms with E-state index in [0.717, 1.165) is 57.6 Å². The van der Waals surface area contributed by atoms with Crippen molar-refractivity contribution in [3.63, 3.8) is 0 Å². The second-order valence-corrected chi connectivity index (χ2v) is 8.46. The Hall–Kier alpha value is -1.79. The second-order valence-electron chi connectivity index (χ2n) is 8.46. The lowest BCUT2D eigenvalue weighted by molar-refractivity contribution is 0.0195. The number of morpholine rings is 1. The van der Waals surface area contributed by atoms with E-state index in [2.05, 4.69) is 44.4 Å². The normalized spacial score (nSPS) is 24.7. The Morgan fingerprint density at radius 1 is 1.07 bits per heavy atom. The summed E-state index contributed by atoms with van der Waals surface area (Å²) in [5.41, 5.74) is 1.26. The number of nitrogens with one attached hydrogen (secondary N) is 1. The number of likely N-dealkylation sites (tertiary alicyclic amines) is 1. The van der Waals surface area contributed by atoms with Gasteiger partial charge in [0, 0.05) is 45.8 Å². The Labute approximate surface area is 175 Å². The molecule has 0 amide bonds. The molecule has 0 radical (unpaired) electrons. The minimum absolute atomic E-state index is 0.404. The number of hydrogen-bond donors (Lipinski definition) is 1. The molecular weight excluding hydrogens is 364 g/mol. The van der Waals surface area contributed by atoms with Crippen molar-refractivity contribution in [1.29, 1.82) is 0 Å². The first-order valence-corrected chi connectivity index (χ1v) is 11.3. The highest BCUT2D eigenvalue weighted by molar-refractivity contribution is 5.80. The Morgan fingerprint density at radius 3 is 2.55 bits per heavy atom. The van der Waals surface area contributed by atoms with Gasteiger partial charge in [-0.15, -0.1) is 0 Å². The molecular formula is C23H36N4O2. The Morgan fingerprint density at radius 2 is 1.83 bits per heavy atom. The third-order valence-corrected chi connectivity index (χ3v) is 6.47. The maximum Gasteiger partial charge on any atom is 0.193 e. The van der Waals surface area contributed by atoms with Crippen molar-refractivity contribution < 1.29 is 9.47 Å². The molecule has 0 aromatic heterocycles. The number of ether oxygens (including phenoxy) is 2. The Bertz CT molecular complexity index is 651. The predicted molar refractivity (Wildman–Crippen MR) is 117 cm³/mol. The molecule has 4 rings (SSSR count). The molecule has 1 aromatic carbocycles. The highest BCUT2D eigenvalue weighted by atomic mass is 16.5. The summed E-state index contributed by atoms with van der Waals surface area (Å²) >= 11 is 0. The van der Waals surface area contributed by atoms with E-state index in [-0.39, 0.29) is 0 Å². The van der Waals surface area contributed by atoms with Gasteiger partial charge in [0.2, 0.25) is 0 Å². The van der Waals surface area contributed by atoms with Gasteiger partial charge in [-0.05, 0) is 49.8 Å². The molecule has 2 heterocycles. The average Bonchev–Trinajstić information content (AvgIpc) is 3.27. The minimum atomic E-state index is 0.404. The van der Waals surface area contributed by atoms with Gasteiger partial charge in [-0.25, -0.2) is 0 Å². The van der Waals surface area contributed by atoms with Crippen molar-refractivity contribution in [2.75, 3.05) is 46.4 Å². The van der Waals surface area contributed by atoms with Gasteiger partial charge in [-0.1, -0.05) is 18.6 Å². The van der Waals surface area contributed by atoms with Crippen LogP contribution in [0.1, 0.15) is 44.1 Å². The molecule has 1 unspecified atom stereocenters. The quantitative estimate of drug-likeness (QED) is 0.608. The molecule has 6 heteroatoms. The fourth-order valence-electron chi connectivity index (χ4n) is 4.75. The number of nitrogens with zero attached hydrogens (tertiary/aromatic N) is 3. The maximum atomic E-state index is 6.14. The first kappa shape index (κ1) is 20.5. The summed E-state index contributed by atoms with van der Waals surface area (Å²) in [6.07, 6.45) is 7.95. The van der Waals surface area contributed by atoms with Crippen molar-refractivity contribution in [2.45, 2.75) is 57.2 Å². The molecule has 3 aliphatic rings. The highest BCUT2D eigenvalue weighted by Crippen LogP contribution is 2.23. The van der Waals surface area contributed by atoms with Gasteiger partial charge >= 0.3 is 0 Å². The molecule has 160 valence electrons.